The van der Waals surface area contributed by atoms with E-state index in [1.165, 1.54) is 11.0 Å². The summed E-state index contributed by atoms with van der Waals surface area (Å²) >= 11 is 0. The van der Waals surface area contributed by atoms with Crippen LogP contribution in [0.3, 0.4) is 0 Å². The van der Waals surface area contributed by atoms with Crippen molar-refractivity contribution in [1.82, 2.24) is 9.47 Å². The Labute approximate surface area is 132 Å². The van der Waals surface area contributed by atoms with E-state index in [2.05, 4.69) is 0 Å². The normalized spacial score (nSPS) is 10.3. The Kier molecular flexibility index (Phi) is 4.90. The molecule has 0 aliphatic rings. The molecule has 0 saturated heterocycles. The zero-order chi connectivity index (χ0) is 17.0. The van der Waals surface area contributed by atoms with Gasteiger partial charge < -0.3 is 4.90 Å². The zero-order valence-corrected chi connectivity index (χ0v) is 12.9. The molecule has 23 heavy (non-hydrogen) atoms. The van der Waals surface area contributed by atoms with Crippen LogP contribution in [-0.4, -0.2) is 27.3 Å². The van der Waals surface area contributed by atoms with E-state index in [-0.39, 0.29) is 12.5 Å². The van der Waals surface area contributed by atoms with E-state index in [9.17, 15) is 19.7 Å². The fraction of sp³-hybridized carbons (Fsp3) is 0.250. The van der Waals surface area contributed by atoms with Crippen LogP contribution in [0.5, 0.6) is 0 Å². The minimum atomic E-state index is -0.767. The largest absolute Gasteiger partial charge is 0.340 e. The fourth-order valence-electron chi connectivity index (χ4n) is 2.20. The molecular weight excluding hydrogens is 298 g/mol. The van der Waals surface area contributed by atoms with Crippen LogP contribution < -0.4 is 5.56 Å². The first kappa shape index (κ1) is 16.4. The van der Waals surface area contributed by atoms with Crippen LogP contribution >= 0.6 is 0 Å². The quantitative estimate of drug-likeness (QED) is 0.621. The number of nitro groups is 1. The van der Waals surface area contributed by atoms with Gasteiger partial charge in [0.25, 0.3) is 0 Å². The molecule has 0 spiro atoms. The average molecular weight is 315 g/mol. The van der Waals surface area contributed by atoms with E-state index < -0.39 is 16.2 Å². The van der Waals surface area contributed by atoms with Gasteiger partial charge in [-0.1, -0.05) is 30.3 Å². The van der Waals surface area contributed by atoms with Crippen LogP contribution in [-0.2, 0) is 17.9 Å². The topological polar surface area (TPSA) is 85.5 Å². The third-order valence-electron chi connectivity index (χ3n) is 3.55. The molecular formula is C16H17N3O4. The van der Waals surface area contributed by atoms with Crippen molar-refractivity contribution in [2.75, 3.05) is 7.05 Å². The smallest absolute Gasteiger partial charge is 0.334 e. The second kappa shape index (κ2) is 6.87. The number of aryl methyl sites for hydroxylation is 1. The highest BCUT2D eigenvalue weighted by molar-refractivity contribution is 5.75. The average Bonchev–Trinajstić information content (AvgIpc) is 2.51. The molecule has 1 aromatic heterocycles. The number of rotatable bonds is 5. The van der Waals surface area contributed by atoms with Gasteiger partial charge in [0.2, 0.25) is 5.91 Å². The number of carbonyl (C=O) groups is 1. The Balaban J connectivity index is 2.18. The van der Waals surface area contributed by atoms with Crippen molar-refractivity contribution in [3.05, 3.63) is 74.2 Å². The summed E-state index contributed by atoms with van der Waals surface area (Å²) < 4.78 is 1.13. The molecule has 1 aromatic carbocycles. The van der Waals surface area contributed by atoms with Gasteiger partial charge in [-0.15, -0.1) is 0 Å². The summed E-state index contributed by atoms with van der Waals surface area (Å²) in [4.78, 5) is 36.0. The Morgan fingerprint density at radius 1 is 1.22 bits per heavy atom. The molecule has 0 bridgehead atoms. The SMILES string of the molecule is Cc1ccc([N+](=O)[O-])c(=O)n1CC(=O)N(C)Cc1ccccc1. The van der Waals surface area contributed by atoms with Gasteiger partial charge in [-0.05, 0) is 18.6 Å². The molecule has 2 aromatic rings. The molecule has 0 saturated carbocycles. The first-order valence-corrected chi connectivity index (χ1v) is 7.03. The molecule has 0 aliphatic carbocycles. The summed E-state index contributed by atoms with van der Waals surface area (Å²) in [6.07, 6.45) is 0. The molecule has 7 heteroatoms. The fourth-order valence-corrected chi connectivity index (χ4v) is 2.20. The third-order valence-corrected chi connectivity index (χ3v) is 3.55. The Morgan fingerprint density at radius 2 is 1.87 bits per heavy atom. The maximum Gasteiger partial charge on any atom is 0.334 e. The highest BCUT2D eigenvalue weighted by atomic mass is 16.6. The van der Waals surface area contributed by atoms with E-state index in [1.807, 2.05) is 30.3 Å². The number of likely N-dealkylation sites (N-methyl/N-ethyl adjacent to an activating group) is 1. The second-order valence-electron chi connectivity index (χ2n) is 5.24. The predicted molar refractivity (Wildman–Crippen MR) is 85.0 cm³/mol. The number of benzene rings is 1. The highest BCUT2D eigenvalue weighted by Crippen LogP contribution is 2.07. The van der Waals surface area contributed by atoms with Crippen molar-refractivity contribution in [2.45, 2.75) is 20.0 Å². The lowest BCUT2D eigenvalue weighted by molar-refractivity contribution is -0.386. The lowest BCUT2D eigenvalue weighted by Gasteiger charge is -2.18. The van der Waals surface area contributed by atoms with Crippen molar-refractivity contribution in [3.8, 4) is 0 Å². The number of aromatic nitrogens is 1. The van der Waals surface area contributed by atoms with Crippen LogP contribution in [0.2, 0.25) is 0 Å². The van der Waals surface area contributed by atoms with Gasteiger partial charge in [0.1, 0.15) is 6.54 Å². The minimum Gasteiger partial charge on any atom is -0.340 e. The molecule has 120 valence electrons. The van der Waals surface area contributed by atoms with E-state index in [0.717, 1.165) is 16.2 Å². The van der Waals surface area contributed by atoms with Crippen molar-refractivity contribution < 1.29 is 9.72 Å². The van der Waals surface area contributed by atoms with Crippen molar-refractivity contribution >= 4 is 11.6 Å². The van der Waals surface area contributed by atoms with Crippen molar-refractivity contribution in [1.29, 1.82) is 0 Å². The van der Waals surface area contributed by atoms with Gasteiger partial charge in [0, 0.05) is 25.4 Å². The first-order valence-electron chi connectivity index (χ1n) is 7.03. The van der Waals surface area contributed by atoms with E-state index >= 15 is 0 Å². The summed E-state index contributed by atoms with van der Waals surface area (Å²) in [6.45, 7) is 1.81. The summed E-state index contributed by atoms with van der Waals surface area (Å²) in [5.41, 5.74) is 0.166. The molecule has 2 rings (SSSR count). The van der Waals surface area contributed by atoms with Crippen LogP contribution in [0.25, 0.3) is 0 Å². The summed E-state index contributed by atoms with van der Waals surface area (Å²) in [6, 6.07) is 12.1. The zero-order valence-electron chi connectivity index (χ0n) is 12.9. The standard InChI is InChI=1S/C16H17N3O4/c1-12-8-9-14(19(22)23)16(21)18(12)11-15(20)17(2)10-13-6-4-3-5-7-13/h3-9H,10-11H2,1-2H3. The Morgan fingerprint density at radius 3 is 2.48 bits per heavy atom. The molecule has 0 aliphatic heterocycles. The summed E-state index contributed by atoms with van der Waals surface area (Å²) in [7, 11) is 1.63. The maximum absolute atomic E-state index is 12.3. The first-order chi connectivity index (χ1) is 10.9. The number of pyridine rings is 1. The van der Waals surface area contributed by atoms with E-state index in [4.69, 9.17) is 0 Å². The molecule has 0 fully saturated rings. The van der Waals surface area contributed by atoms with Crippen molar-refractivity contribution in [2.24, 2.45) is 0 Å². The molecule has 0 N–H and O–H groups in total. The number of carbonyl (C=O) groups excluding carboxylic acids is 1. The maximum atomic E-state index is 12.3. The van der Waals surface area contributed by atoms with Gasteiger partial charge in [-0.2, -0.15) is 0 Å². The van der Waals surface area contributed by atoms with Crippen LogP contribution in [0, 0.1) is 17.0 Å². The summed E-state index contributed by atoms with van der Waals surface area (Å²) in [5, 5.41) is 10.8. The van der Waals surface area contributed by atoms with Gasteiger partial charge in [0.05, 0.1) is 4.92 Å². The van der Waals surface area contributed by atoms with E-state index in [1.54, 1.807) is 14.0 Å². The highest BCUT2D eigenvalue weighted by Gasteiger charge is 2.18. The molecule has 7 nitrogen and oxygen atoms in total. The molecule has 1 heterocycles. The minimum absolute atomic E-state index is 0.227. The molecule has 0 unspecified atom stereocenters. The molecule has 1 amide bonds. The van der Waals surface area contributed by atoms with Crippen LogP contribution in [0.15, 0.2) is 47.3 Å². The third kappa shape index (κ3) is 3.82. The van der Waals surface area contributed by atoms with Gasteiger partial charge in [-0.3, -0.25) is 24.3 Å². The monoisotopic (exact) mass is 315 g/mol. The van der Waals surface area contributed by atoms with Crippen molar-refractivity contribution in [3.63, 3.8) is 0 Å². The second-order valence-corrected chi connectivity index (χ2v) is 5.24. The number of hydrogen-bond acceptors (Lipinski definition) is 4. The van der Waals surface area contributed by atoms with Gasteiger partial charge >= 0.3 is 11.2 Å². The summed E-state index contributed by atoms with van der Waals surface area (Å²) in [5.74, 6) is -0.292. The Hall–Kier alpha value is -2.96. The Bertz CT molecular complexity index is 784. The van der Waals surface area contributed by atoms with Gasteiger partial charge in [-0.25, -0.2) is 0 Å². The number of hydrogen-bond donors (Lipinski definition) is 0. The molecule has 0 radical (unpaired) electrons. The number of nitrogens with zero attached hydrogens (tertiary/aromatic N) is 3. The lowest BCUT2D eigenvalue weighted by Crippen LogP contribution is -2.35. The van der Waals surface area contributed by atoms with E-state index in [0.29, 0.717) is 12.2 Å². The number of amides is 1. The van der Waals surface area contributed by atoms with Crippen LogP contribution in [0.4, 0.5) is 5.69 Å². The van der Waals surface area contributed by atoms with Crippen LogP contribution in [0.1, 0.15) is 11.3 Å². The lowest BCUT2D eigenvalue weighted by atomic mass is 10.2. The van der Waals surface area contributed by atoms with Gasteiger partial charge in [0.15, 0.2) is 0 Å². The molecule has 0 atom stereocenters. The predicted octanol–water partition coefficient (Wildman–Crippen LogP) is 1.72.